The third-order valence-corrected chi connectivity index (χ3v) is 9.28. The van der Waals surface area contributed by atoms with E-state index in [2.05, 4.69) is 0 Å². The number of hydrogen-bond acceptors (Lipinski definition) is 18. The van der Waals surface area contributed by atoms with Crippen molar-refractivity contribution in [2.75, 3.05) is 0 Å². The molecule has 3 aliphatic heterocycles. The Bertz CT molecular complexity index is 2470. The molecule has 282 valence electrons. The number of aromatic hydroxyl groups is 10. The second kappa shape index (κ2) is 11.7. The summed E-state index contributed by atoms with van der Waals surface area (Å²) in [5, 5.41) is 115. The van der Waals surface area contributed by atoms with E-state index < -0.39 is 121 Å². The van der Waals surface area contributed by atoms with Gasteiger partial charge in [0.15, 0.2) is 46.4 Å². The van der Waals surface area contributed by atoms with Crippen LogP contribution in [0.1, 0.15) is 43.5 Å². The highest BCUT2D eigenvalue weighted by Gasteiger charge is 2.71. The summed E-state index contributed by atoms with van der Waals surface area (Å²) in [5.74, 6) is -17.4. The first-order valence-electron chi connectivity index (χ1n) is 16.0. The molecule has 3 aliphatic rings. The number of phenols is 10. The molecule has 0 saturated carbocycles. The number of ketones is 1. The van der Waals surface area contributed by atoms with Crippen LogP contribution < -0.4 is 18.9 Å². The molecule has 0 radical (unpaired) electrons. The van der Waals surface area contributed by atoms with Crippen LogP contribution in [0.4, 0.5) is 0 Å². The van der Waals surface area contributed by atoms with Gasteiger partial charge in [0.1, 0.15) is 46.2 Å². The van der Waals surface area contributed by atoms with Crippen molar-refractivity contribution < 1.29 is 89.4 Å². The molecule has 4 unspecified atom stereocenters. The second-order valence-electron chi connectivity index (χ2n) is 12.8. The number of benzene rings is 5. The van der Waals surface area contributed by atoms with Crippen LogP contribution in [0.2, 0.25) is 0 Å². The summed E-state index contributed by atoms with van der Waals surface area (Å²) >= 11 is 0. The van der Waals surface area contributed by atoms with Crippen molar-refractivity contribution in [1.29, 1.82) is 0 Å². The molecule has 18 nitrogen and oxygen atoms in total. The van der Waals surface area contributed by atoms with Gasteiger partial charge in [-0.2, -0.15) is 0 Å². The maximum atomic E-state index is 14.0. The summed E-state index contributed by atoms with van der Waals surface area (Å²) in [4.78, 5) is 27.4. The lowest BCUT2D eigenvalue weighted by molar-refractivity contribution is -0.316. The van der Waals surface area contributed by atoms with Crippen molar-refractivity contribution >= 4 is 11.8 Å². The molecule has 18 heteroatoms. The molecule has 0 aliphatic carbocycles. The van der Waals surface area contributed by atoms with Gasteiger partial charge in [0, 0.05) is 47.4 Å². The van der Waals surface area contributed by atoms with E-state index in [9.17, 15) is 65.8 Å². The average molecular weight is 759 g/mol. The van der Waals surface area contributed by atoms with Crippen LogP contribution >= 0.6 is 0 Å². The van der Waals surface area contributed by atoms with Crippen LogP contribution in [0.5, 0.6) is 80.5 Å². The number of carbonyl (C=O) groups is 2. The van der Waals surface area contributed by atoms with Gasteiger partial charge in [0.25, 0.3) is 5.78 Å². The van der Waals surface area contributed by atoms with Crippen molar-refractivity contribution in [3.63, 3.8) is 0 Å². The summed E-state index contributed by atoms with van der Waals surface area (Å²) < 4.78 is 29.8. The predicted molar refractivity (Wildman–Crippen MR) is 178 cm³/mol. The zero-order valence-electron chi connectivity index (χ0n) is 27.5. The maximum absolute atomic E-state index is 14.0. The Morgan fingerprint density at radius 1 is 0.655 bits per heavy atom. The molecule has 3 heterocycles. The van der Waals surface area contributed by atoms with Crippen molar-refractivity contribution in [3.05, 3.63) is 94.5 Å². The predicted octanol–water partition coefficient (Wildman–Crippen LogP) is 3.23. The van der Waals surface area contributed by atoms with Crippen LogP contribution in [-0.2, 0) is 16.9 Å². The third kappa shape index (κ3) is 5.14. The minimum Gasteiger partial charge on any atom is -0.508 e. The van der Waals surface area contributed by atoms with Gasteiger partial charge in [-0.15, -0.1) is 0 Å². The lowest BCUT2D eigenvalue weighted by Crippen LogP contribution is -2.70. The number of aliphatic hydroxyl groups is 1. The van der Waals surface area contributed by atoms with Crippen LogP contribution in [0, 0.1) is 0 Å². The van der Waals surface area contributed by atoms with Crippen LogP contribution in [0.25, 0.3) is 0 Å². The van der Waals surface area contributed by atoms with Gasteiger partial charge in [-0.25, -0.2) is 4.79 Å². The number of fused-ring (bicyclic) bond motifs is 4. The molecule has 0 spiro atoms. The number of esters is 1. The average Bonchev–Trinajstić information content (AvgIpc) is 3.11. The fourth-order valence-corrected chi connectivity index (χ4v) is 6.70. The van der Waals surface area contributed by atoms with Crippen LogP contribution in [0.3, 0.4) is 0 Å². The molecule has 5 aromatic carbocycles. The molecule has 55 heavy (non-hydrogen) atoms. The van der Waals surface area contributed by atoms with E-state index in [-0.39, 0.29) is 28.9 Å². The highest BCUT2D eigenvalue weighted by molar-refractivity contribution is 6.08. The molecule has 0 amide bonds. The summed E-state index contributed by atoms with van der Waals surface area (Å²) in [6.07, 6.45) is -3.13. The van der Waals surface area contributed by atoms with Crippen molar-refractivity contribution in [2.45, 2.75) is 30.2 Å². The van der Waals surface area contributed by atoms with Crippen LogP contribution in [0.15, 0.2) is 66.7 Å². The van der Waals surface area contributed by atoms with E-state index in [0.717, 1.165) is 66.7 Å². The lowest BCUT2D eigenvalue weighted by atomic mass is 9.85. The zero-order valence-corrected chi connectivity index (χ0v) is 27.5. The minimum absolute atomic E-state index is 0.0606. The number of hydrogen-bond donors (Lipinski definition) is 11. The first-order chi connectivity index (χ1) is 26.0. The van der Waals surface area contributed by atoms with Crippen molar-refractivity contribution in [1.82, 2.24) is 0 Å². The normalized spacial score (nSPS) is 21.9. The molecule has 5 aromatic rings. The van der Waals surface area contributed by atoms with Crippen molar-refractivity contribution in [3.8, 4) is 80.5 Å². The van der Waals surface area contributed by atoms with E-state index in [1.165, 1.54) is 0 Å². The third-order valence-electron chi connectivity index (χ3n) is 9.28. The largest absolute Gasteiger partial charge is 0.508 e. The molecule has 0 fully saturated rings. The molecule has 0 aromatic heterocycles. The SMILES string of the molecule is O=C(OC1Cc2c(O)cc(O)cc2OC1c1cc(O)c2c(c1)OC1(c3ccc(O)c(O)c3)Oc3cc(O)cc(O)c3C(=O)C1(O)O2)c1cc(O)c(O)c(O)c1. The molecule has 11 N–H and O–H groups in total. The maximum Gasteiger partial charge on any atom is 0.358 e. The Hall–Kier alpha value is -7.60. The van der Waals surface area contributed by atoms with E-state index >= 15 is 0 Å². The highest BCUT2D eigenvalue weighted by atomic mass is 16.8. The first-order valence-corrected chi connectivity index (χ1v) is 16.0. The van der Waals surface area contributed by atoms with E-state index in [1.54, 1.807) is 0 Å². The number of phenolic OH excluding ortho intramolecular Hbond substituents is 10. The molecule has 0 bridgehead atoms. The zero-order chi connectivity index (χ0) is 39.3. The van der Waals surface area contributed by atoms with Gasteiger partial charge >= 0.3 is 17.5 Å². The van der Waals surface area contributed by atoms with Crippen molar-refractivity contribution in [2.24, 2.45) is 0 Å². The Labute approximate surface area is 306 Å². The quantitative estimate of drug-likeness (QED) is 0.0926. The highest BCUT2D eigenvalue weighted by Crippen LogP contribution is 2.58. The smallest absolute Gasteiger partial charge is 0.358 e. The summed E-state index contributed by atoms with van der Waals surface area (Å²) in [6, 6.07) is 10.6. The monoisotopic (exact) mass is 758 g/mol. The van der Waals surface area contributed by atoms with E-state index in [4.69, 9.17) is 23.7 Å². The minimum atomic E-state index is -3.29. The number of Topliss-reactive ketones (excluding diaryl/α,β-unsaturated/α-hetero) is 1. The van der Waals surface area contributed by atoms with Gasteiger partial charge in [-0.05, 0) is 42.5 Å². The molecule has 8 rings (SSSR count). The Kier molecular flexibility index (Phi) is 7.34. The van der Waals surface area contributed by atoms with Gasteiger partial charge in [-0.1, -0.05) is 0 Å². The number of carbonyl (C=O) groups excluding carboxylic acids is 2. The number of ether oxygens (including phenoxy) is 5. The Morgan fingerprint density at radius 2 is 1.31 bits per heavy atom. The molecule has 0 saturated heterocycles. The Balaban J connectivity index is 1.26. The molecule has 4 atom stereocenters. The Morgan fingerprint density at radius 3 is 2.00 bits per heavy atom. The van der Waals surface area contributed by atoms with E-state index in [1.807, 2.05) is 0 Å². The van der Waals surface area contributed by atoms with E-state index in [0.29, 0.717) is 0 Å². The second-order valence-corrected chi connectivity index (χ2v) is 12.8. The lowest BCUT2D eigenvalue weighted by Gasteiger charge is -2.50. The fourth-order valence-electron chi connectivity index (χ4n) is 6.70. The number of rotatable bonds is 4. The molecular weight excluding hydrogens is 732 g/mol. The first kappa shape index (κ1) is 34.5. The van der Waals surface area contributed by atoms with Gasteiger partial charge < -0.3 is 79.9 Å². The fraction of sp³-hybridized carbons (Fsp3) is 0.135. The van der Waals surface area contributed by atoms with Gasteiger partial charge in [0.05, 0.1) is 5.56 Å². The van der Waals surface area contributed by atoms with Gasteiger partial charge in [-0.3, -0.25) is 4.79 Å². The molecular formula is C37H26O18. The summed E-state index contributed by atoms with van der Waals surface area (Å²) in [6.45, 7) is 0. The van der Waals surface area contributed by atoms with Crippen LogP contribution in [-0.4, -0.2) is 79.8 Å². The van der Waals surface area contributed by atoms with Gasteiger partial charge in [0.2, 0.25) is 5.75 Å². The standard InChI is InChI=1S/C37H26O18/c38-16-8-20(41)18-12-28(52-35(49)14-4-23(44)31(47)24(45)5-14)32(51-26(18)10-16)13-3-25(46)33-29(6-13)54-37(15-1-2-19(40)21(42)7-15)36(50,55-33)34(48)30-22(43)9-17(39)11-27(30)53-37/h1-11,28,32,38-47,50H,12H2. The summed E-state index contributed by atoms with van der Waals surface area (Å²) in [7, 11) is 0. The topological polar surface area (TPSA) is 303 Å². The summed E-state index contributed by atoms with van der Waals surface area (Å²) in [5.41, 5.74) is -1.39.